The molecule has 2 rings (SSSR count). The van der Waals surface area contributed by atoms with Crippen LogP contribution >= 0.6 is 0 Å². The van der Waals surface area contributed by atoms with E-state index in [0.717, 1.165) is 11.3 Å². The molecule has 1 aromatic carbocycles. The van der Waals surface area contributed by atoms with Crippen molar-refractivity contribution in [2.75, 3.05) is 7.05 Å². The van der Waals surface area contributed by atoms with Gasteiger partial charge in [0.25, 0.3) is 10.0 Å². The van der Waals surface area contributed by atoms with E-state index in [1.165, 1.54) is 0 Å². The number of rotatable bonds is 6. The van der Waals surface area contributed by atoms with Crippen molar-refractivity contribution in [2.45, 2.75) is 25.0 Å². The van der Waals surface area contributed by atoms with Crippen molar-refractivity contribution in [1.29, 1.82) is 0 Å². The molecule has 3 N–H and O–H groups in total. The van der Waals surface area contributed by atoms with Crippen molar-refractivity contribution >= 4 is 10.0 Å². The van der Waals surface area contributed by atoms with Crippen molar-refractivity contribution in [1.82, 2.24) is 20.2 Å². The molecule has 2 aromatic rings. The van der Waals surface area contributed by atoms with E-state index in [4.69, 9.17) is 0 Å². The first-order valence-electron chi connectivity index (χ1n) is 6.26. The Morgan fingerprint density at radius 2 is 1.90 bits per heavy atom. The van der Waals surface area contributed by atoms with E-state index in [2.05, 4.69) is 20.2 Å². The number of sulfonamides is 1. The van der Waals surface area contributed by atoms with Crippen LogP contribution in [0.3, 0.4) is 0 Å². The summed E-state index contributed by atoms with van der Waals surface area (Å²) in [7, 11) is -1.86. The topological polar surface area (TPSA) is 86.9 Å². The maximum Gasteiger partial charge on any atom is 0.260 e. The summed E-state index contributed by atoms with van der Waals surface area (Å²) in [5.74, 6) is 0. The Balaban J connectivity index is 2.18. The fourth-order valence-corrected chi connectivity index (χ4v) is 3.09. The SMILES string of the molecule is CNCc1c(S(=O)(=O)NCc2ccccc2)n[nH]c1C. The maximum atomic E-state index is 12.3. The minimum atomic E-state index is -3.62. The summed E-state index contributed by atoms with van der Waals surface area (Å²) in [5, 5.41) is 9.62. The molecule has 0 fully saturated rings. The van der Waals surface area contributed by atoms with Gasteiger partial charge < -0.3 is 5.32 Å². The smallest absolute Gasteiger partial charge is 0.260 e. The number of hydrogen-bond donors (Lipinski definition) is 3. The molecule has 20 heavy (non-hydrogen) atoms. The number of aromatic amines is 1. The summed E-state index contributed by atoms with van der Waals surface area (Å²) in [4.78, 5) is 0. The first-order chi connectivity index (χ1) is 9.54. The van der Waals surface area contributed by atoms with Gasteiger partial charge in [-0.1, -0.05) is 30.3 Å². The lowest BCUT2D eigenvalue weighted by atomic mass is 10.2. The van der Waals surface area contributed by atoms with Crippen LogP contribution in [0.25, 0.3) is 0 Å². The molecule has 0 spiro atoms. The molecule has 0 aliphatic carbocycles. The van der Waals surface area contributed by atoms with E-state index < -0.39 is 10.0 Å². The zero-order valence-electron chi connectivity index (χ0n) is 11.5. The lowest BCUT2D eigenvalue weighted by Gasteiger charge is -2.07. The van der Waals surface area contributed by atoms with Crippen molar-refractivity contribution in [2.24, 2.45) is 0 Å². The largest absolute Gasteiger partial charge is 0.316 e. The van der Waals surface area contributed by atoms with Crippen LogP contribution in [0.4, 0.5) is 0 Å². The lowest BCUT2D eigenvalue weighted by molar-refractivity contribution is 0.575. The first-order valence-corrected chi connectivity index (χ1v) is 7.75. The van der Waals surface area contributed by atoms with Crippen LogP contribution in [0.2, 0.25) is 0 Å². The van der Waals surface area contributed by atoms with Gasteiger partial charge in [-0.15, -0.1) is 0 Å². The second kappa shape index (κ2) is 6.17. The van der Waals surface area contributed by atoms with Crippen LogP contribution in [-0.4, -0.2) is 25.7 Å². The molecule has 0 amide bonds. The summed E-state index contributed by atoms with van der Waals surface area (Å²) in [6.45, 7) is 2.49. The Kier molecular flexibility index (Phi) is 4.53. The van der Waals surface area contributed by atoms with Gasteiger partial charge in [-0.05, 0) is 19.5 Å². The highest BCUT2D eigenvalue weighted by Crippen LogP contribution is 2.16. The average molecular weight is 294 g/mol. The van der Waals surface area contributed by atoms with E-state index in [1.807, 2.05) is 30.3 Å². The molecule has 6 nitrogen and oxygen atoms in total. The highest BCUT2D eigenvalue weighted by Gasteiger charge is 2.22. The normalized spacial score (nSPS) is 11.7. The molecule has 0 bridgehead atoms. The third kappa shape index (κ3) is 3.24. The summed E-state index contributed by atoms with van der Waals surface area (Å²) in [6, 6.07) is 9.36. The number of hydrogen-bond acceptors (Lipinski definition) is 4. The van der Waals surface area contributed by atoms with E-state index in [0.29, 0.717) is 12.1 Å². The third-order valence-electron chi connectivity index (χ3n) is 2.95. The second-order valence-electron chi connectivity index (χ2n) is 4.47. The van der Waals surface area contributed by atoms with Gasteiger partial charge in [0.15, 0.2) is 5.03 Å². The molecular formula is C13H18N4O2S. The predicted molar refractivity (Wildman–Crippen MR) is 76.6 cm³/mol. The van der Waals surface area contributed by atoms with E-state index in [1.54, 1.807) is 14.0 Å². The van der Waals surface area contributed by atoms with E-state index in [-0.39, 0.29) is 11.6 Å². The molecule has 0 unspecified atom stereocenters. The number of benzene rings is 1. The van der Waals surface area contributed by atoms with Crippen LogP contribution < -0.4 is 10.0 Å². The van der Waals surface area contributed by atoms with E-state index in [9.17, 15) is 8.42 Å². The zero-order valence-corrected chi connectivity index (χ0v) is 12.3. The molecule has 0 aliphatic rings. The quantitative estimate of drug-likeness (QED) is 0.739. The monoisotopic (exact) mass is 294 g/mol. The van der Waals surface area contributed by atoms with Crippen molar-refractivity contribution in [3.05, 3.63) is 47.2 Å². The highest BCUT2D eigenvalue weighted by molar-refractivity contribution is 7.89. The number of nitrogens with zero attached hydrogens (tertiary/aromatic N) is 1. The van der Waals surface area contributed by atoms with Crippen LogP contribution in [0.15, 0.2) is 35.4 Å². The van der Waals surface area contributed by atoms with Gasteiger partial charge in [0.1, 0.15) is 0 Å². The molecule has 0 radical (unpaired) electrons. The standard InChI is InChI=1S/C13H18N4O2S/c1-10-12(9-14-2)13(17-16-10)20(18,19)15-8-11-6-4-3-5-7-11/h3-7,14-15H,8-9H2,1-2H3,(H,16,17). The fraction of sp³-hybridized carbons (Fsp3) is 0.308. The fourth-order valence-electron chi connectivity index (χ4n) is 1.88. The van der Waals surface area contributed by atoms with Gasteiger partial charge in [0.05, 0.1) is 0 Å². The average Bonchev–Trinajstić information content (AvgIpc) is 2.81. The van der Waals surface area contributed by atoms with Crippen molar-refractivity contribution in [3.8, 4) is 0 Å². The van der Waals surface area contributed by atoms with Crippen LogP contribution in [-0.2, 0) is 23.1 Å². The van der Waals surface area contributed by atoms with Crippen molar-refractivity contribution in [3.63, 3.8) is 0 Å². The maximum absolute atomic E-state index is 12.3. The molecule has 1 aromatic heterocycles. The lowest BCUT2D eigenvalue weighted by Crippen LogP contribution is -2.25. The number of aryl methyl sites for hydroxylation is 1. The van der Waals surface area contributed by atoms with Gasteiger partial charge in [-0.2, -0.15) is 5.10 Å². The number of H-pyrrole nitrogens is 1. The Morgan fingerprint density at radius 1 is 1.20 bits per heavy atom. The first kappa shape index (κ1) is 14.7. The van der Waals surface area contributed by atoms with Gasteiger partial charge in [0.2, 0.25) is 0 Å². The summed E-state index contributed by atoms with van der Waals surface area (Å²) in [5.41, 5.74) is 2.31. The molecule has 0 aliphatic heterocycles. The number of nitrogens with one attached hydrogen (secondary N) is 3. The Morgan fingerprint density at radius 3 is 2.55 bits per heavy atom. The van der Waals surface area contributed by atoms with E-state index >= 15 is 0 Å². The summed E-state index contributed by atoms with van der Waals surface area (Å²) >= 11 is 0. The predicted octanol–water partition coefficient (Wildman–Crippen LogP) is 0.916. The van der Waals surface area contributed by atoms with Gasteiger partial charge in [-0.3, -0.25) is 5.10 Å². The number of aromatic nitrogens is 2. The van der Waals surface area contributed by atoms with Gasteiger partial charge >= 0.3 is 0 Å². The van der Waals surface area contributed by atoms with Crippen LogP contribution in [0.5, 0.6) is 0 Å². The summed E-state index contributed by atoms with van der Waals surface area (Å²) in [6.07, 6.45) is 0. The molecule has 0 atom stereocenters. The molecular weight excluding hydrogens is 276 g/mol. The molecule has 0 saturated heterocycles. The molecule has 0 saturated carbocycles. The molecule has 1 heterocycles. The van der Waals surface area contributed by atoms with Crippen LogP contribution in [0.1, 0.15) is 16.8 Å². The third-order valence-corrected chi connectivity index (χ3v) is 4.32. The Hall–Kier alpha value is -1.70. The summed E-state index contributed by atoms with van der Waals surface area (Å²) < 4.78 is 27.2. The Bertz CT molecular complexity index is 665. The van der Waals surface area contributed by atoms with Gasteiger partial charge in [-0.25, -0.2) is 13.1 Å². The minimum Gasteiger partial charge on any atom is -0.316 e. The second-order valence-corrected chi connectivity index (χ2v) is 6.16. The Labute approximate surface area is 118 Å². The zero-order chi connectivity index (χ0) is 14.6. The van der Waals surface area contributed by atoms with Gasteiger partial charge in [0, 0.05) is 24.3 Å². The minimum absolute atomic E-state index is 0.0558. The van der Waals surface area contributed by atoms with Crippen molar-refractivity contribution < 1.29 is 8.42 Å². The van der Waals surface area contributed by atoms with Crippen LogP contribution in [0, 0.1) is 6.92 Å². The highest BCUT2D eigenvalue weighted by atomic mass is 32.2. The molecule has 7 heteroatoms. The molecule has 108 valence electrons.